The average molecular weight is 358 g/mol. The van der Waals surface area contributed by atoms with E-state index in [4.69, 9.17) is 9.84 Å². The predicted octanol–water partition coefficient (Wildman–Crippen LogP) is 0.492. The molecule has 0 bridgehead atoms. The molecule has 0 unspecified atom stereocenters. The third-order valence-electron chi connectivity index (χ3n) is 4.76. The third kappa shape index (κ3) is 5.86. The number of rotatable bonds is 9. The molecule has 0 saturated heterocycles. The number of aliphatic imine (C=N–C) groups is 1. The lowest BCUT2D eigenvalue weighted by Crippen LogP contribution is -2.51. The largest absolute Gasteiger partial charge is 0.506 e. The van der Waals surface area contributed by atoms with Crippen LogP contribution in [0.1, 0.15) is 40.0 Å². The molecular formula is C16H30N4O5. The van der Waals surface area contributed by atoms with Gasteiger partial charge >= 0.3 is 6.16 Å². The highest BCUT2D eigenvalue weighted by Gasteiger charge is 2.49. The second-order valence-corrected chi connectivity index (χ2v) is 6.27. The van der Waals surface area contributed by atoms with Crippen molar-refractivity contribution < 1.29 is 24.5 Å². The Hall–Kier alpha value is -1.87. The van der Waals surface area contributed by atoms with Crippen molar-refractivity contribution >= 4 is 18.4 Å². The van der Waals surface area contributed by atoms with Gasteiger partial charge in [-0.25, -0.2) is 10.2 Å². The van der Waals surface area contributed by atoms with E-state index < -0.39 is 24.3 Å². The summed E-state index contributed by atoms with van der Waals surface area (Å²) in [6.45, 7) is 5.48. The van der Waals surface area contributed by atoms with Crippen molar-refractivity contribution in [1.29, 1.82) is 0 Å². The van der Waals surface area contributed by atoms with Crippen LogP contribution in [0.2, 0.25) is 0 Å². The van der Waals surface area contributed by atoms with Crippen LogP contribution in [-0.2, 0) is 9.53 Å². The van der Waals surface area contributed by atoms with Gasteiger partial charge in [-0.1, -0.05) is 26.7 Å². The molecule has 1 aliphatic rings. The summed E-state index contributed by atoms with van der Waals surface area (Å²) in [6.07, 6.45) is 0.0249. The van der Waals surface area contributed by atoms with E-state index >= 15 is 0 Å². The van der Waals surface area contributed by atoms with Crippen LogP contribution in [0, 0.1) is 11.8 Å². The quantitative estimate of drug-likeness (QED) is 0.175. The van der Waals surface area contributed by atoms with E-state index in [1.807, 2.05) is 13.8 Å². The standard InChI is InChI=1S/C16H30N4O5/c1-5-10(6-2)14(20-9(3)21)13-11(18-8-19-17-4)7-12(15(13)22)25-16(23)24/h8,10-15,17,22H,5-7H2,1-4H3,(H,18,19)(H,20,21)(H,23,24)/t11-,12+,13-,14+,15-/m1/s1. The highest BCUT2D eigenvalue weighted by Crippen LogP contribution is 2.37. The minimum Gasteiger partial charge on any atom is -0.450 e. The van der Waals surface area contributed by atoms with Gasteiger partial charge in [0.1, 0.15) is 6.10 Å². The summed E-state index contributed by atoms with van der Waals surface area (Å²) < 4.78 is 4.84. The second kappa shape index (κ2) is 10.2. The number of hydrogen-bond donors (Lipinski definition) is 5. The molecular weight excluding hydrogens is 328 g/mol. The van der Waals surface area contributed by atoms with E-state index in [1.54, 1.807) is 7.05 Å². The summed E-state index contributed by atoms with van der Waals surface area (Å²) in [4.78, 5) is 27.0. The normalized spacial score (nSPS) is 27.4. The van der Waals surface area contributed by atoms with Crippen LogP contribution in [0.5, 0.6) is 0 Å². The van der Waals surface area contributed by atoms with E-state index in [0.29, 0.717) is 0 Å². The van der Waals surface area contributed by atoms with Gasteiger partial charge in [-0.3, -0.25) is 9.79 Å². The SMILES string of the molecule is CCC(CC)[C@H](NC(C)=O)[C@@H]1[C@H](O)[C@@H](OC(=O)O)C[C@H]1N=CNNC. The van der Waals surface area contributed by atoms with Crippen molar-refractivity contribution in [3.8, 4) is 0 Å². The Morgan fingerprint density at radius 3 is 2.48 bits per heavy atom. The maximum atomic E-state index is 11.7. The number of aliphatic hydroxyl groups is 1. The molecule has 0 heterocycles. The zero-order valence-corrected chi connectivity index (χ0v) is 15.2. The molecule has 5 N–H and O–H groups in total. The number of carbonyl (C=O) groups is 2. The van der Waals surface area contributed by atoms with Gasteiger partial charge in [0.25, 0.3) is 0 Å². The van der Waals surface area contributed by atoms with Crippen molar-refractivity contribution in [2.24, 2.45) is 16.8 Å². The van der Waals surface area contributed by atoms with Gasteiger partial charge in [0, 0.05) is 32.4 Å². The van der Waals surface area contributed by atoms with Gasteiger partial charge in [-0.05, 0) is 5.92 Å². The number of carbonyl (C=O) groups excluding carboxylic acids is 1. The Balaban J connectivity index is 3.13. The van der Waals surface area contributed by atoms with Crippen LogP contribution in [0.4, 0.5) is 4.79 Å². The van der Waals surface area contributed by atoms with Gasteiger partial charge in [0.05, 0.1) is 18.5 Å². The molecule has 0 radical (unpaired) electrons. The fraction of sp³-hybridized carbons (Fsp3) is 0.812. The fourth-order valence-electron chi connectivity index (χ4n) is 3.63. The maximum absolute atomic E-state index is 11.7. The summed E-state index contributed by atoms with van der Waals surface area (Å²) in [5, 5.41) is 22.5. The maximum Gasteiger partial charge on any atom is 0.506 e. The van der Waals surface area contributed by atoms with Crippen molar-refractivity contribution in [1.82, 2.24) is 16.2 Å². The first-order chi connectivity index (χ1) is 11.8. The smallest absolute Gasteiger partial charge is 0.450 e. The van der Waals surface area contributed by atoms with E-state index in [1.165, 1.54) is 13.3 Å². The lowest BCUT2D eigenvalue weighted by Gasteiger charge is -2.35. The Morgan fingerprint density at radius 1 is 1.36 bits per heavy atom. The van der Waals surface area contributed by atoms with Crippen LogP contribution < -0.4 is 16.2 Å². The first-order valence-electron chi connectivity index (χ1n) is 8.64. The average Bonchev–Trinajstić information content (AvgIpc) is 2.82. The molecule has 9 heteroatoms. The summed E-state index contributed by atoms with van der Waals surface area (Å²) in [5.74, 6) is -0.488. The zero-order valence-electron chi connectivity index (χ0n) is 15.2. The van der Waals surface area contributed by atoms with Gasteiger partial charge in [0.15, 0.2) is 0 Å². The number of ether oxygens (including phenoxy) is 1. The first kappa shape index (κ1) is 21.2. The Morgan fingerprint density at radius 2 is 2.00 bits per heavy atom. The lowest BCUT2D eigenvalue weighted by molar-refractivity contribution is -0.121. The number of nitrogens with zero attached hydrogens (tertiary/aromatic N) is 1. The molecule has 1 fully saturated rings. The molecule has 144 valence electrons. The van der Waals surface area contributed by atoms with Crippen LogP contribution in [0.15, 0.2) is 4.99 Å². The highest BCUT2D eigenvalue weighted by molar-refractivity contribution is 5.73. The number of amides is 1. The number of aliphatic hydroxyl groups excluding tert-OH is 1. The summed E-state index contributed by atoms with van der Waals surface area (Å²) in [7, 11) is 1.69. The van der Waals surface area contributed by atoms with Crippen LogP contribution in [-0.4, -0.2) is 60.0 Å². The molecule has 1 rings (SSSR count). The summed E-state index contributed by atoms with van der Waals surface area (Å²) in [6, 6.07) is -0.695. The Labute approximate surface area is 148 Å². The minimum atomic E-state index is -1.43. The molecule has 1 saturated carbocycles. The van der Waals surface area contributed by atoms with E-state index in [0.717, 1.165) is 12.8 Å². The Kier molecular flexibility index (Phi) is 8.64. The molecule has 5 atom stereocenters. The monoisotopic (exact) mass is 358 g/mol. The first-order valence-corrected chi connectivity index (χ1v) is 8.64. The highest BCUT2D eigenvalue weighted by atomic mass is 16.7. The molecule has 0 aromatic heterocycles. The molecule has 0 aromatic rings. The fourth-order valence-corrected chi connectivity index (χ4v) is 3.63. The van der Waals surface area contributed by atoms with E-state index in [2.05, 4.69) is 21.2 Å². The van der Waals surface area contributed by atoms with Crippen molar-refractivity contribution in [2.45, 2.75) is 64.3 Å². The number of hydrogen-bond acceptors (Lipinski definition) is 6. The second-order valence-electron chi connectivity index (χ2n) is 6.27. The predicted molar refractivity (Wildman–Crippen MR) is 93.2 cm³/mol. The molecule has 0 aliphatic heterocycles. The van der Waals surface area contributed by atoms with Crippen molar-refractivity contribution in [2.75, 3.05) is 7.05 Å². The zero-order chi connectivity index (χ0) is 19.0. The van der Waals surface area contributed by atoms with Crippen LogP contribution in [0.25, 0.3) is 0 Å². The number of hydrazine groups is 1. The van der Waals surface area contributed by atoms with E-state index in [9.17, 15) is 14.7 Å². The molecule has 1 aliphatic carbocycles. The van der Waals surface area contributed by atoms with Gasteiger partial charge in [0.2, 0.25) is 5.91 Å². The molecule has 9 nitrogen and oxygen atoms in total. The lowest BCUT2D eigenvalue weighted by atomic mass is 9.81. The van der Waals surface area contributed by atoms with Crippen molar-refractivity contribution in [3.05, 3.63) is 0 Å². The molecule has 0 spiro atoms. The molecule has 25 heavy (non-hydrogen) atoms. The van der Waals surface area contributed by atoms with Gasteiger partial charge in [-0.2, -0.15) is 0 Å². The van der Waals surface area contributed by atoms with Gasteiger partial charge < -0.3 is 25.7 Å². The summed E-state index contributed by atoms with van der Waals surface area (Å²) in [5.41, 5.74) is 5.45. The number of nitrogens with one attached hydrogen (secondary N) is 3. The molecule has 1 amide bonds. The summed E-state index contributed by atoms with van der Waals surface area (Å²) >= 11 is 0. The van der Waals surface area contributed by atoms with E-state index in [-0.39, 0.29) is 30.3 Å². The van der Waals surface area contributed by atoms with Crippen LogP contribution >= 0.6 is 0 Å². The van der Waals surface area contributed by atoms with Crippen LogP contribution in [0.3, 0.4) is 0 Å². The topological polar surface area (TPSA) is 132 Å². The van der Waals surface area contributed by atoms with Gasteiger partial charge in [-0.15, -0.1) is 0 Å². The minimum absolute atomic E-state index is 0.141. The molecule has 0 aromatic carbocycles. The third-order valence-corrected chi connectivity index (χ3v) is 4.76. The number of carboxylic acid groups (broad SMARTS) is 1. The van der Waals surface area contributed by atoms with Crippen molar-refractivity contribution in [3.63, 3.8) is 0 Å². The Bertz CT molecular complexity index is 469.